The van der Waals surface area contributed by atoms with E-state index in [4.69, 9.17) is 4.74 Å². The molecule has 120 valence electrons. The summed E-state index contributed by atoms with van der Waals surface area (Å²) in [6, 6.07) is 17.4. The second-order valence-corrected chi connectivity index (χ2v) is 5.86. The first-order chi connectivity index (χ1) is 11.7. The van der Waals surface area contributed by atoms with Crippen molar-refractivity contribution in [3.05, 3.63) is 76.5 Å². The van der Waals surface area contributed by atoms with Crippen LogP contribution >= 0.6 is 0 Å². The van der Waals surface area contributed by atoms with Crippen LogP contribution in [0.2, 0.25) is 0 Å². The summed E-state index contributed by atoms with van der Waals surface area (Å²) in [6.07, 6.45) is 2.97. The van der Waals surface area contributed by atoms with Crippen molar-refractivity contribution in [3.63, 3.8) is 0 Å². The summed E-state index contributed by atoms with van der Waals surface area (Å²) in [7, 11) is 1.65. The summed E-state index contributed by atoms with van der Waals surface area (Å²) in [6.45, 7) is 0. The van der Waals surface area contributed by atoms with Crippen molar-refractivity contribution < 1.29 is 9.94 Å². The molecular weight excluding hydrogens is 302 g/mol. The van der Waals surface area contributed by atoms with Crippen LogP contribution < -0.4 is 9.96 Å². The van der Waals surface area contributed by atoms with Gasteiger partial charge in [-0.25, -0.2) is 0 Å². The van der Waals surface area contributed by atoms with E-state index in [1.807, 2.05) is 42.5 Å². The predicted octanol–water partition coefficient (Wildman–Crippen LogP) is 4.64. The zero-order valence-electron chi connectivity index (χ0n) is 13.2. The molecular formula is C20H16NO3-. The van der Waals surface area contributed by atoms with Crippen LogP contribution in [-0.2, 0) is 6.42 Å². The van der Waals surface area contributed by atoms with E-state index in [0.29, 0.717) is 0 Å². The zero-order valence-corrected chi connectivity index (χ0v) is 13.2. The van der Waals surface area contributed by atoms with E-state index in [-0.39, 0.29) is 10.9 Å². The predicted molar refractivity (Wildman–Crippen MR) is 96.1 cm³/mol. The van der Waals surface area contributed by atoms with Crippen LogP contribution in [0.3, 0.4) is 0 Å². The number of benzene rings is 3. The molecule has 0 aliphatic heterocycles. The Kier molecular flexibility index (Phi) is 3.49. The number of anilines is 1. The molecule has 0 fully saturated rings. The van der Waals surface area contributed by atoms with Gasteiger partial charge in [-0.2, -0.15) is 0 Å². The summed E-state index contributed by atoms with van der Waals surface area (Å²) < 4.78 is 5.19. The first-order valence-corrected chi connectivity index (χ1v) is 7.73. The number of methoxy groups -OCH3 is 1. The number of nitrogens with zero attached hydrogens (tertiary/aromatic N) is 1. The molecule has 0 heterocycles. The summed E-state index contributed by atoms with van der Waals surface area (Å²) >= 11 is 0. The maximum absolute atomic E-state index is 11.4. The van der Waals surface area contributed by atoms with Crippen LogP contribution in [0.15, 0.2) is 54.6 Å². The molecule has 0 aromatic heterocycles. The lowest BCUT2D eigenvalue weighted by Gasteiger charge is -2.23. The van der Waals surface area contributed by atoms with E-state index in [2.05, 4.69) is 12.1 Å². The smallest absolute Gasteiger partial charge is 0.118 e. The van der Waals surface area contributed by atoms with Crippen molar-refractivity contribution in [1.82, 2.24) is 0 Å². The van der Waals surface area contributed by atoms with E-state index < -0.39 is 0 Å². The summed E-state index contributed by atoms with van der Waals surface area (Å²) in [5.41, 5.74) is 4.87. The number of rotatable bonds is 3. The fraction of sp³-hybridized carbons (Fsp3) is 0.100. The normalized spacial score (nSPS) is 14.4. The van der Waals surface area contributed by atoms with Gasteiger partial charge in [-0.15, -0.1) is 0 Å². The van der Waals surface area contributed by atoms with Crippen LogP contribution in [0.1, 0.15) is 16.7 Å². The van der Waals surface area contributed by atoms with Crippen LogP contribution in [0.25, 0.3) is 22.4 Å². The fourth-order valence-electron chi connectivity index (χ4n) is 3.38. The highest BCUT2D eigenvalue weighted by Gasteiger charge is 2.20. The standard InChI is InChI=1S/C20H16NO3/c1-24-16-7-5-13(6-8-16)11-15-12-14-3-2-4-18-19(21(22)23)10-9-17(15)20(14)18/h2-11,22H,12H2,1H3/q-1/b15-11+. The lowest BCUT2D eigenvalue weighted by molar-refractivity contribution is 0.297. The monoisotopic (exact) mass is 318 g/mol. The minimum Gasteiger partial charge on any atom is -0.733 e. The van der Waals surface area contributed by atoms with Crippen molar-refractivity contribution in [2.75, 3.05) is 12.3 Å². The molecule has 3 aromatic rings. The Hall–Kier alpha value is -2.82. The molecule has 0 amide bonds. The van der Waals surface area contributed by atoms with Gasteiger partial charge < -0.3 is 15.2 Å². The van der Waals surface area contributed by atoms with Crippen molar-refractivity contribution in [2.45, 2.75) is 6.42 Å². The number of hydrogen-bond acceptors (Lipinski definition) is 4. The van der Waals surface area contributed by atoms with E-state index in [1.165, 1.54) is 11.1 Å². The van der Waals surface area contributed by atoms with Crippen LogP contribution in [0.5, 0.6) is 5.75 Å². The van der Waals surface area contributed by atoms with Gasteiger partial charge in [-0.1, -0.05) is 42.5 Å². The van der Waals surface area contributed by atoms with Gasteiger partial charge in [0.25, 0.3) is 0 Å². The highest BCUT2D eigenvalue weighted by atomic mass is 16.8. The van der Waals surface area contributed by atoms with Gasteiger partial charge in [0.05, 0.1) is 12.8 Å². The van der Waals surface area contributed by atoms with E-state index >= 15 is 0 Å². The molecule has 0 atom stereocenters. The summed E-state index contributed by atoms with van der Waals surface area (Å²) in [4.78, 5) is 0. The Bertz CT molecular complexity index is 943. The Morgan fingerprint density at radius 3 is 2.58 bits per heavy atom. The van der Waals surface area contributed by atoms with Crippen molar-refractivity contribution >= 4 is 28.1 Å². The molecule has 4 rings (SSSR count). The summed E-state index contributed by atoms with van der Waals surface area (Å²) in [5, 5.41) is 22.5. The minimum atomic E-state index is -0.0614. The van der Waals surface area contributed by atoms with Gasteiger partial charge in [0, 0.05) is 5.39 Å². The highest BCUT2D eigenvalue weighted by Crippen LogP contribution is 2.42. The molecule has 1 aliphatic carbocycles. The quantitative estimate of drug-likeness (QED) is 0.715. The van der Waals surface area contributed by atoms with Crippen LogP contribution in [0.4, 0.5) is 5.69 Å². The van der Waals surface area contributed by atoms with Crippen LogP contribution in [0, 0.1) is 5.21 Å². The largest absolute Gasteiger partial charge is 0.733 e. The molecule has 1 aliphatic rings. The third kappa shape index (κ3) is 2.33. The third-order valence-electron chi connectivity index (χ3n) is 4.49. The number of ether oxygens (including phenoxy) is 1. The average Bonchev–Trinajstić information content (AvgIpc) is 2.95. The maximum Gasteiger partial charge on any atom is 0.118 e. The summed E-state index contributed by atoms with van der Waals surface area (Å²) in [5.74, 6) is 0.831. The molecule has 0 radical (unpaired) electrons. The Labute approximate surface area is 139 Å². The molecule has 0 spiro atoms. The fourth-order valence-corrected chi connectivity index (χ4v) is 3.38. The Balaban J connectivity index is 1.84. The number of allylic oxidation sites excluding steroid dienone is 1. The van der Waals surface area contributed by atoms with Gasteiger partial charge in [0.1, 0.15) is 5.75 Å². The first-order valence-electron chi connectivity index (χ1n) is 7.73. The molecule has 0 unspecified atom stereocenters. The molecule has 1 N–H and O–H groups in total. The van der Waals surface area contributed by atoms with Crippen molar-refractivity contribution in [3.8, 4) is 5.75 Å². The van der Waals surface area contributed by atoms with Crippen molar-refractivity contribution in [2.24, 2.45) is 0 Å². The molecule has 0 saturated heterocycles. The van der Waals surface area contributed by atoms with Gasteiger partial charge in [-0.3, -0.25) is 5.21 Å². The molecule has 0 saturated carbocycles. The second kappa shape index (κ2) is 5.67. The van der Waals surface area contributed by atoms with Gasteiger partial charge >= 0.3 is 0 Å². The van der Waals surface area contributed by atoms with E-state index in [1.54, 1.807) is 13.2 Å². The Morgan fingerprint density at radius 1 is 1.08 bits per heavy atom. The first kappa shape index (κ1) is 14.8. The van der Waals surface area contributed by atoms with Gasteiger partial charge in [-0.05, 0) is 52.3 Å². The molecule has 3 aromatic carbocycles. The molecule has 0 bridgehead atoms. The van der Waals surface area contributed by atoms with Gasteiger partial charge in [0.2, 0.25) is 0 Å². The maximum atomic E-state index is 11.4. The SMILES string of the molecule is COc1ccc(/C=C2\Cc3cccc4c(N([O-])O)ccc2c34)cc1. The third-order valence-corrected chi connectivity index (χ3v) is 4.49. The molecule has 24 heavy (non-hydrogen) atoms. The van der Waals surface area contributed by atoms with Crippen LogP contribution in [-0.4, -0.2) is 12.3 Å². The molecule has 4 nitrogen and oxygen atoms in total. The lowest BCUT2D eigenvalue weighted by Crippen LogP contribution is -2.07. The average molecular weight is 318 g/mol. The number of hydrogen-bond donors (Lipinski definition) is 1. The zero-order chi connectivity index (χ0) is 16.7. The lowest BCUT2D eigenvalue weighted by atomic mass is 10.0. The van der Waals surface area contributed by atoms with E-state index in [0.717, 1.165) is 34.1 Å². The second-order valence-electron chi connectivity index (χ2n) is 5.86. The van der Waals surface area contributed by atoms with Crippen molar-refractivity contribution in [1.29, 1.82) is 0 Å². The van der Waals surface area contributed by atoms with Gasteiger partial charge in [0.15, 0.2) is 0 Å². The van der Waals surface area contributed by atoms with E-state index in [9.17, 15) is 10.4 Å². The topological polar surface area (TPSA) is 55.8 Å². The Morgan fingerprint density at radius 2 is 1.88 bits per heavy atom. The molecule has 4 heteroatoms. The minimum absolute atomic E-state index is 0.0614. The highest BCUT2D eigenvalue weighted by molar-refractivity contribution is 6.09.